The molecule has 0 saturated heterocycles. The number of nitrogens with two attached hydrogens (primary N) is 1. The van der Waals surface area contributed by atoms with Crippen molar-refractivity contribution in [2.24, 2.45) is 12.8 Å². The van der Waals surface area contributed by atoms with Gasteiger partial charge in [-0.2, -0.15) is 0 Å². The van der Waals surface area contributed by atoms with Crippen LogP contribution in [0.15, 0.2) is 42.1 Å². The third-order valence-corrected chi connectivity index (χ3v) is 5.31. The predicted octanol–water partition coefficient (Wildman–Crippen LogP) is 4.51. The van der Waals surface area contributed by atoms with Gasteiger partial charge in [-0.25, -0.2) is 4.58 Å². The molecule has 2 N–H and O–H groups in total. The molecule has 0 unspecified atom stereocenters. The van der Waals surface area contributed by atoms with Crippen LogP contribution < -0.4 is 10.5 Å². The molecular weight excluding hydrogens is 370 g/mol. The lowest BCUT2D eigenvalue weighted by atomic mass is 10.0. The Morgan fingerprint density at radius 3 is 2.68 bits per heavy atom. The first-order chi connectivity index (χ1) is 13.5. The summed E-state index contributed by atoms with van der Waals surface area (Å²) in [4.78, 5) is 0. The third kappa shape index (κ3) is 3.98. The van der Waals surface area contributed by atoms with Crippen LogP contribution in [0.25, 0.3) is 17.7 Å². The minimum atomic E-state index is 0.607. The number of hydrogen-bond acceptors (Lipinski definition) is 2. The molecule has 0 radical (unpaired) electrons. The molecule has 5 heteroatoms. The van der Waals surface area contributed by atoms with Gasteiger partial charge in [0.1, 0.15) is 12.8 Å². The second kappa shape index (κ2) is 8.63. The highest BCUT2D eigenvalue weighted by Crippen LogP contribution is 2.30. The number of benzene rings is 1. The number of allylic oxidation sites excluding steroid dienone is 2. The van der Waals surface area contributed by atoms with Gasteiger partial charge in [0.2, 0.25) is 5.70 Å². The Morgan fingerprint density at radius 2 is 2.07 bits per heavy atom. The predicted molar refractivity (Wildman–Crippen MR) is 119 cm³/mol. The number of aromatic nitrogens is 1. The SMILES string of the molecule is COc1ccc(/C=C/c2cc(C)c(C(CCN)=C3C=CC=[N+]3C)n2C)cc1Cl. The molecule has 1 aliphatic rings. The molecule has 3 rings (SSSR count). The first-order valence-corrected chi connectivity index (χ1v) is 9.70. The summed E-state index contributed by atoms with van der Waals surface area (Å²) in [7, 11) is 5.79. The quantitative estimate of drug-likeness (QED) is 0.730. The number of hydrogen-bond donors (Lipinski definition) is 1. The molecule has 28 heavy (non-hydrogen) atoms. The molecule has 1 aliphatic heterocycles. The summed E-state index contributed by atoms with van der Waals surface area (Å²) in [5, 5.41) is 0.607. The molecule has 0 amide bonds. The number of likely N-dealkylation sites (N-methyl/N-ethyl adjacent to an activating group) is 1. The van der Waals surface area contributed by atoms with Crippen molar-refractivity contribution in [1.82, 2.24) is 4.57 Å². The molecule has 0 fully saturated rings. The molecule has 1 aromatic carbocycles. The molecule has 2 heterocycles. The van der Waals surface area contributed by atoms with Crippen LogP contribution in [0, 0.1) is 6.92 Å². The lowest BCUT2D eigenvalue weighted by molar-refractivity contribution is -0.428. The maximum absolute atomic E-state index is 6.24. The van der Waals surface area contributed by atoms with Crippen molar-refractivity contribution >= 4 is 35.5 Å². The van der Waals surface area contributed by atoms with Crippen molar-refractivity contribution in [2.75, 3.05) is 20.7 Å². The fraction of sp³-hybridized carbons (Fsp3) is 0.261. The van der Waals surface area contributed by atoms with E-state index in [9.17, 15) is 0 Å². The zero-order chi connectivity index (χ0) is 20.3. The Hall–Kier alpha value is -2.56. The van der Waals surface area contributed by atoms with E-state index in [4.69, 9.17) is 22.1 Å². The largest absolute Gasteiger partial charge is 0.495 e. The Kier molecular flexibility index (Phi) is 6.22. The smallest absolute Gasteiger partial charge is 0.210 e. The van der Waals surface area contributed by atoms with E-state index in [0.717, 1.165) is 17.7 Å². The van der Waals surface area contributed by atoms with Crippen LogP contribution in [0.2, 0.25) is 5.02 Å². The lowest BCUT2D eigenvalue weighted by Gasteiger charge is -2.11. The first kappa shape index (κ1) is 20.2. The molecule has 0 saturated carbocycles. The van der Waals surface area contributed by atoms with Gasteiger partial charge in [-0.3, -0.25) is 0 Å². The van der Waals surface area contributed by atoms with Gasteiger partial charge in [0.25, 0.3) is 0 Å². The lowest BCUT2D eigenvalue weighted by Crippen LogP contribution is -2.10. The second-order valence-corrected chi connectivity index (χ2v) is 7.32. The highest BCUT2D eigenvalue weighted by atomic mass is 35.5. The fourth-order valence-electron chi connectivity index (χ4n) is 3.64. The van der Waals surface area contributed by atoms with E-state index in [1.165, 1.54) is 22.5 Å². The van der Waals surface area contributed by atoms with Crippen molar-refractivity contribution in [1.29, 1.82) is 0 Å². The minimum Gasteiger partial charge on any atom is -0.495 e. The minimum absolute atomic E-state index is 0.607. The van der Waals surface area contributed by atoms with Gasteiger partial charge in [0, 0.05) is 30.5 Å². The van der Waals surface area contributed by atoms with Crippen LogP contribution in [0.3, 0.4) is 0 Å². The average Bonchev–Trinajstić information content (AvgIpc) is 3.21. The molecular formula is C23H27ClN3O+. The summed E-state index contributed by atoms with van der Waals surface area (Å²) in [6.07, 6.45) is 11.3. The molecule has 0 spiro atoms. The average molecular weight is 397 g/mol. The maximum Gasteiger partial charge on any atom is 0.210 e. The van der Waals surface area contributed by atoms with Crippen LogP contribution in [0.5, 0.6) is 5.75 Å². The van der Waals surface area contributed by atoms with E-state index in [1.54, 1.807) is 7.11 Å². The van der Waals surface area contributed by atoms with E-state index in [1.807, 2.05) is 18.2 Å². The van der Waals surface area contributed by atoms with E-state index in [0.29, 0.717) is 17.3 Å². The maximum atomic E-state index is 6.24. The number of halogens is 1. The van der Waals surface area contributed by atoms with E-state index in [-0.39, 0.29) is 0 Å². The molecule has 2 aromatic rings. The van der Waals surface area contributed by atoms with Crippen molar-refractivity contribution in [3.63, 3.8) is 0 Å². The highest BCUT2D eigenvalue weighted by molar-refractivity contribution is 6.32. The summed E-state index contributed by atoms with van der Waals surface area (Å²) >= 11 is 6.24. The first-order valence-electron chi connectivity index (χ1n) is 9.32. The molecule has 0 aliphatic carbocycles. The molecule has 4 nitrogen and oxygen atoms in total. The van der Waals surface area contributed by atoms with Gasteiger partial charge in [0.05, 0.1) is 17.8 Å². The summed E-state index contributed by atoms with van der Waals surface area (Å²) < 4.78 is 9.60. The van der Waals surface area contributed by atoms with Crippen molar-refractivity contribution < 1.29 is 9.31 Å². The van der Waals surface area contributed by atoms with Crippen LogP contribution in [-0.2, 0) is 7.05 Å². The van der Waals surface area contributed by atoms with Crippen molar-refractivity contribution in [3.05, 3.63) is 69.7 Å². The van der Waals surface area contributed by atoms with E-state index in [2.05, 4.69) is 66.7 Å². The number of aryl methyl sites for hydroxylation is 1. The van der Waals surface area contributed by atoms with E-state index < -0.39 is 0 Å². The summed E-state index contributed by atoms with van der Waals surface area (Å²) in [6.45, 7) is 2.76. The number of nitrogens with zero attached hydrogens (tertiary/aromatic N) is 2. The van der Waals surface area contributed by atoms with Crippen molar-refractivity contribution in [3.8, 4) is 5.75 Å². The summed E-state index contributed by atoms with van der Waals surface area (Å²) in [5.41, 5.74) is 13.0. The van der Waals surface area contributed by atoms with Gasteiger partial charge in [-0.05, 0) is 55.3 Å². The van der Waals surface area contributed by atoms with Crippen LogP contribution in [0.4, 0.5) is 0 Å². The summed E-state index contributed by atoms with van der Waals surface area (Å²) in [5.74, 6) is 0.680. The normalized spacial score (nSPS) is 15.4. The van der Waals surface area contributed by atoms with Gasteiger partial charge in [-0.1, -0.05) is 23.7 Å². The second-order valence-electron chi connectivity index (χ2n) is 6.91. The molecule has 0 bridgehead atoms. The Balaban J connectivity index is 1.99. The van der Waals surface area contributed by atoms with Crippen LogP contribution >= 0.6 is 11.6 Å². The molecule has 0 atom stereocenters. The van der Waals surface area contributed by atoms with Crippen molar-refractivity contribution in [2.45, 2.75) is 13.3 Å². The van der Waals surface area contributed by atoms with Crippen LogP contribution in [0.1, 0.15) is 28.9 Å². The Bertz CT molecular complexity index is 1010. The third-order valence-electron chi connectivity index (χ3n) is 5.02. The Labute approximate surface area is 171 Å². The monoisotopic (exact) mass is 396 g/mol. The fourth-order valence-corrected chi connectivity index (χ4v) is 3.90. The standard InChI is InChI=1S/C23H27ClN3O/c1-16-14-18(9-7-17-8-10-22(28-4)20(24)15-17)27(3)23(16)19(11-12-25)21-6-5-13-26(21)2/h5-10,13-15H,11-12,25H2,1-4H3/q+1/b9-7+. The highest BCUT2D eigenvalue weighted by Gasteiger charge is 2.22. The Morgan fingerprint density at radius 1 is 1.29 bits per heavy atom. The summed E-state index contributed by atoms with van der Waals surface area (Å²) in [6, 6.07) is 7.99. The number of ether oxygens (including phenoxy) is 1. The topological polar surface area (TPSA) is 43.2 Å². The molecule has 1 aromatic heterocycles. The van der Waals surface area contributed by atoms with Gasteiger partial charge < -0.3 is 15.0 Å². The van der Waals surface area contributed by atoms with Gasteiger partial charge >= 0.3 is 0 Å². The van der Waals surface area contributed by atoms with Gasteiger partial charge in [0.15, 0.2) is 6.21 Å². The molecule has 146 valence electrons. The zero-order valence-electron chi connectivity index (χ0n) is 16.9. The zero-order valence-corrected chi connectivity index (χ0v) is 17.6. The number of rotatable bonds is 6. The van der Waals surface area contributed by atoms with E-state index >= 15 is 0 Å². The van der Waals surface area contributed by atoms with Crippen LogP contribution in [-0.4, -0.2) is 36.1 Å². The van der Waals surface area contributed by atoms with Gasteiger partial charge in [-0.15, -0.1) is 0 Å². The number of methoxy groups -OCH3 is 1.